The Hall–Kier alpha value is -1.46. The second-order valence-corrected chi connectivity index (χ2v) is 8.04. The molecule has 0 fully saturated rings. The molecule has 0 saturated carbocycles. The molecule has 1 aromatic carbocycles. The molecule has 2 rings (SSSR count). The maximum atomic E-state index is 12.4. The summed E-state index contributed by atoms with van der Waals surface area (Å²) in [4.78, 5) is 4.11. The van der Waals surface area contributed by atoms with Crippen LogP contribution in [0.4, 0.5) is 0 Å². The van der Waals surface area contributed by atoms with Crippen LogP contribution >= 0.6 is 11.6 Å². The van der Waals surface area contributed by atoms with Crippen molar-refractivity contribution in [2.45, 2.75) is 25.5 Å². The van der Waals surface area contributed by atoms with Crippen molar-refractivity contribution in [3.63, 3.8) is 0 Å². The van der Waals surface area contributed by atoms with Gasteiger partial charge < -0.3 is 4.57 Å². The molecule has 1 heterocycles. The third-order valence-electron chi connectivity index (χ3n) is 2.88. The van der Waals surface area contributed by atoms with Crippen LogP contribution in [0.15, 0.2) is 41.2 Å². The van der Waals surface area contributed by atoms with Gasteiger partial charge in [-0.25, -0.2) is 9.19 Å². The highest BCUT2D eigenvalue weighted by Crippen LogP contribution is 2.18. The first-order chi connectivity index (χ1) is 9.79. The molecule has 1 aromatic heterocycles. The van der Waals surface area contributed by atoms with E-state index in [1.807, 2.05) is 44.5 Å². The van der Waals surface area contributed by atoms with E-state index in [1.54, 1.807) is 24.7 Å². The van der Waals surface area contributed by atoms with Crippen molar-refractivity contribution in [1.29, 1.82) is 0 Å². The molecule has 112 valence electrons. The summed E-state index contributed by atoms with van der Waals surface area (Å²) in [7, 11) is 0.530. The van der Waals surface area contributed by atoms with Gasteiger partial charge in [-0.05, 0) is 32.9 Å². The van der Waals surface area contributed by atoms with Gasteiger partial charge in [0.15, 0.2) is 0 Å². The zero-order chi connectivity index (χ0) is 15.6. The molecule has 0 N–H and O–H groups in total. The van der Waals surface area contributed by atoms with E-state index >= 15 is 0 Å². The van der Waals surface area contributed by atoms with E-state index in [-0.39, 0.29) is 0 Å². The summed E-state index contributed by atoms with van der Waals surface area (Å²) in [6.07, 6.45) is 3.41. The number of aryl methyl sites for hydroxylation is 1. The van der Waals surface area contributed by atoms with Crippen LogP contribution in [0.5, 0.6) is 0 Å². The number of rotatable bonds is 3. The van der Waals surface area contributed by atoms with E-state index in [4.69, 9.17) is 11.6 Å². The Bertz CT molecular complexity index is 684. The van der Waals surface area contributed by atoms with Crippen molar-refractivity contribution >= 4 is 28.3 Å². The monoisotopic (exact) mass is 323 g/mol. The molecule has 0 aliphatic carbocycles. The molecule has 0 saturated heterocycles. The average Bonchev–Trinajstić information content (AvgIpc) is 2.82. The van der Waals surface area contributed by atoms with Gasteiger partial charge in [-0.1, -0.05) is 23.7 Å². The smallest absolute Gasteiger partial charge is 0.145 e. The molecule has 1 atom stereocenters. The Morgan fingerprint density at radius 3 is 2.38 bits per heavy atom. The number of halogens is 1. The molecule has 0 amide bonds. The molecular formula is C15H18ClN3OS. The van der Waals surface area contributed by atoms with Crippen LogP contribution in [-0.2, 0) is 18.0 Å². The minimum absolute atomic E-state index is 0.420. The van der Waals surface area contributed by atoms with Gasteiger partial charge in [0.05, 0.1) is 23.0 Å². The van der Waals surface area contributed by atoms with E-state index in [2.05, 4.69) is 9.38 Å². The maximum absolute atomic E-state index is 12.4. The number of hydrogen-bond donors (Lipinski definition) is 0. The van der Waals surface area contributed by atoms with Gasteiger partial charge >= 0.3 is 0 Å². The molecule has 0 spiro atoms. The second-order valence-electron chi connectivity index (χ2n) is 5.70. The van der Waals surface area contributed by atoms with Crippen LogP contribution in [0.2, 0.25) is 5.02 Å². The summed E-state index contributed by atoms with van der Waals surface area (Å²) >= 11 is 5.93. The van der Waals surface area contributed by atoms with Gasteiger partial charge in [0.1, 0.15) is 16.7 Å². The molecule has 1 unspecified atom stereocenters. The number of benzene rings is 1. The first-order valence-corrected chi connectivity index (χ1v) is 8.01. The van der Waals surface area contributed by atoms with Crippen LogP contribution in [0.1, 0.15) is 32.0 Å². The van der Waals surface area contributed by atoms with Crippen LogP contribution in [0.25, 0.3) is 0 Å². The largest absolute Gasteiger partial charge is 0.332 e. The Balaban J connectivity index is 2.55. The minimum Gasteiger partial charge on any atom is -0.332 e. The summed E-state index contributed by atoms with van der Waals surface area (Å²) in [5.74, 6) is 0. The second kappa shape index (κ2) is 6.12. The fourth-order valence-corrected chi connectivity index (χ4v) is 2.42. The van der Waals surface area contributed by atoms with Gasteiger partial charge in [-0.2, -0.15) is 4.40 Å². The Morgan fingerprint density at radius 1 is 1.29 bits per heavy atom. The van der Waals surface area contributed by atoms with Crippen molar-refractivity contribution in [2.75, 3.05) is 0 Å². The minimum atomic E-state index is -1.35. The lowest BCUT2D eigenvalue weighted by atomic mass is 10.1. The lowest BCUT2D eigenvalue weighted by molar-refractivity contribution is 0.650. The van der Waals surface area contributed by atoms with Crippen molar-refractivity contribution in [3.8, 4) is 0 Å². The summed E-state index contributed by atoms with van der Waals surface area (Å²) in [5.41, 5.74) is 2.33. The van der Waals surface area contributed by atoms with E-state index in [0.717, 1.165) is 11.3 Å². The SMILES string of the molecule is Cn1cncc1/C(=N/S(=O)C(C)(C)C)c1ccc(Cl)cc1. The molecule has 21 heavy (non-hydrogen) atoms. The van der Waals surface area contributed by atoms with Gasteiger partial charge in [-0.15, -0.1) is 0 Å². The van der Waals surface area contributed by atoms with E-state index in [9.17, 15) is 4.21 Å². The summed E-state index contributed by atoms with van der Waals surface area (Å²) in [6.45, 7) is 5.69. The lowest BCUT2D eigenvalue weighted by Gasteiger charge is -2.15. The summed E-state index contributed by atoms with van der Waals surface area (Å²) in [5, 5.41) is 0.653. The van der Waals surface area contributed by atoms with Crippen molar-refractivity contribution in [2.24, 2.45) is 11.4 Å². The Labute approximate surface area is 132 Å². The molecular weight excluding hydrogens is 306 g/mol. The first kappa shape index (κ1) is 15.9. The van der Waals surface area contributed by atoms with Gasteiger partial charge in [0.25, 0.3) is 0 Å². The molecule has 2 aromatic rings. The van der Waals surface area contributed by atoms with E-state index in [0.29, 0.717) is 10.7 Å². The Kier molecular flexibility index (Phi) is 4.64. The highest BCUT2D eigenvalue weighted by atomic mass is 35.5. The molecule has 0 aliphatic rings. The Morgan fingerprint density at radius 2 is 1.90 bits per heavy atom. The molecule has 0 aliphatic heterocycles. The quantitative estimate of drug-likeness (QED) is 0.813. The highest BCUT2D eigenvalue weighted by Gasteiger charge is 2.21. The zero-order valence-electron chi connectivity index (χ0n) is 12.5. The number of imidazole rings is 1. The first-order valence-electron chi connectivity index (χ1n) is 6.52. The zero-order valence-corrected chi connectivity index (χ0v) is 14.1. The summed E-state index contributed by atoms with van der Waals surface area (Å²) < 4.78 is 18.3. The van der Waals surface area contributed by atoms with Crippen LogP contribution < -0.4 is 0 Å². The van der Waals surface area contributed by atoms with E-state index < -0.39 is 15.7 Å². The van der Waals surface area contributed by atoms with Crippen molar-refractivity contribution in [3.05, 3.63) is 53.1 Å². The molecule has 0 radical (unpaired) electrons. The molecule has 4 nitrogen and oxygen atoms in total. The number of nitrogens with zero attached hydrogens (tertiary/aromatic N) is 3. The third-order valence-corrected chi connectivity index (χ3v) is 4.52. The average molecular weight is 324 g/mol. The highest BCUT2D eigenvalue weighted by molar-refractivity contribution is 7.85. The number of aromatic nitrogens is 2. The van der Waals surface area contributed by atoms with Gasteiger partial charge in [0, 0.05) is 17.6 Å². The summed E-state index contributed by atoms with van der Waals surface area (Å²) in [6, 6.07) is 7.33. The maximum Gasteiger partial charge on any atom is 0.145 e. The van der Waals surface area contributed by atoms with Crippen LogP contribution in [0, 0.1) is 0 Å². The predicted octanol–water partition coefficient (Wildman–Crippen LogP) is 3.37. The number of hydrogen-bond acceptors (Lipinski definition) is 2. The predicted molar refractivity (Wildman–Crippen MR) is 88.2 cm³/mol. The van der Waals surface area contributed by atoms with Crippen LogP contribution in [0.3, 0.4) is 0 Å². The topological polar surface area (TPSA) is 47.2 Å². The third kappa shape index (κ3) is 3.80. The van der Waals surface area contributed by atoms with E-state index in [1.165, 1.54) is 0 Å². The molecule has 6 heteroatoms. The van der Waals surface area contributed by atoms with Gasteiger partial charge in [-0.3, -0.25) is 0 Å². The fraction of sp³-hybridized carbons (Fsp3) is 0.333. The molecule has 0 bridgehead atoms. The standard InChI is InChI=1S/C15H18ClN3OS/c1-15(2,3)21(20)18-14(13-9-17-10-19(13)4)11-5-7-12(16)8-6-11/h5-10H,1-4H3/b18-14+. The normalized spacial score (nSPS) is 14.2. The van der Waals surface area contributed by atoms with Crippen molar-refractivity contribution in [1.82, 2.24) is 9.55 Å². The van der Waals surface area contributed by atoms with Crippen molar-refractivity contribution < 1.29 is 4.21 Å². The lowest BCUT2D eigenvalue weighted by Crippen LogP contribution is -2.22. The fourth-order valence-electron chi connectivity index (χ4n) is 1.66. The van der Waals surface area contributed by atoms with Crippen LogP contribution in [-0.4, -0.2) is 24.2 Å². The van der Waals surface area contributed by atoms with Gasteiger partial charge in [0.2, 0.25) is 0 Å².